The molecule has 3 heteroatoms. The van der Waals surface area contributed by atoms with E-state index in [0.29, 0.717) is 0 Å². The number of hydrogen-bond acceptors (Lipinski definition) is 1. The first-order valence-electron chi connectivity index (χ1n) is 5.57. The van der Waals surface area contributed by atoms with Crippen LogP contribution in [0.5, 0.6) is 5.75 Å². The molecule has 0 amide bonds. The SMILES string of the molecule is CC[Se]CCc1c[nH]c2ccc(OC)cc12. The van der Waals surface area contributed by atoms with Crippen LogP contribution in [0.15, 0.2) is 24.4 Å². The molecule has 0 radical (unpaired) electrons. The zero-order valence-electron chi connectivity index (χ0n) is 9.75. The van der Waals surface area contributed by atoms with Crippen molar-refractivity contribution in [3.63, 3.8) is 0 Å². The zero-order chi connectivity index (χ0) is 11.4. The average molecular weight is 282 g/mol. The first kappa shape index (κ1) is 11.6. The molecule has 0 saturated heterocycles. The van der Waals surface area contributed by atoms with Crippen LogP contribution in [0.3, 0.4) is 0 Å². The van der Waals surface area contributed by atoms with Crippen molar-refractivity contribution >= 4 is 25.9 Å². The number of ether oxygens (including phenoxy) is 1. The van der Waals surface area contributed by atoms with Gasteiger partial charge in [0.2, 0.25) is 0 Å². The Kier molecular flexibility index (Phi) is 3.92. The van der Waals surface area contributed by atoms with E-state index in [9.17, 15) is 0 Å². The van der Waals surface area contributed by atoms with E-state index in [0.717, 1.165) is 20.7 Å². The van der Waals surface area contributed by atoms with Crippen molar-refractivity contribution in [2.75, 3.05) is 7.11 Å². The third kappa shape index (κ3) is 2.42. The number of aromatic amines is 1. The van der Waals surface area contributed by atoms with Crippen molar-refractivity contribution in [2.24, 2.45) is 0 Å². The zero-order valence-corrected chi connectivity index (χ0v) is 11.5. The molecule has 1 N–H and O–H groups in total. The number of rotatable bonds is 5. The molecule has 0 bridgehead atoms. The number of hydrogen-bond donors (Lipinski definition) is 1. The van der Waals surface area contributed by atoms with Gasteiger partial charge in [0.25, 0.3) is 0 Å². The van der Waals surface area contributed by atoms with Crippen molar-refractivity contribution in [1.29, 1.82) is 0 Å². The molecule has 0 unspecified atom stereocenters. The molecule has 0 atom stereocenters. The van der Waals surface area contributed by atoms with E-state index >= 15 is 0 Å². The number of aryl methyl sites for hydroxylation is 1. The van der Waals surface area contributed by atoms with Gasteiger partial charge in [-0.05, 0) is 0 Å². The fourth-order valence-electron chi connectivity index (χ4n) is 1.82. The van der Waals surface area contributed by atoms with Crippen molar-refractivity contribution in [3.05, 3.63) is 30.0 Å². The molecule has 0 aliphatic heterocycles. The molecular weight excluding hydrogens is 265 g/mol. The Bertz CT molecular complexity index is 464. The van der Waals surface area contributed by atoms with Gasteiger partial charge in [-0.3, -0.25) is 0 Å². The number of methoxy groups -OCH3 is 1. The molecule has 1 aromatic heterocycles. The summed E-state index contributed by atoms with van der Waals surface area (Å²) in [4.78, 5) is 3.32. The standard InChI is InChI=1S/C13H17NOSe/c1-3-16-7-6-10-9-14-13-5-4-11(15-2)8-12(10)13/h4-5,8-9,14H,3,6-7H2,1-2H3. The van der Waals surface area contributed by atoms with Gasteiger partial charge in [0.15, 0.2) is 0 Å². The van der Waals surface area contributed by atoms with Crippen molar-refractivity contribution in [2.45, 2.75) is 24.0 Å². The first-order valence-corrected chi connectivity index (χ1v) is 7.99. The van der Waals surface area contributed by atoms with Crippen LogP contribution in [0.2, 0.25) is 10.6 Å². The predicted molar refractivity (Wildman–Crippen MR) is 69.6 cm³/mol. The summed E-state index contributed by atoms with van der Waals surface area (Å²) in [7, 11) is 1.72. The van der Waals surface area contributed by atoms with Gasteiger partial charge in [-0.1, -0.05) is 0 Å². The number of H-pyrrole nitrogens is 1. The van der Waals surface area contributed by atoms with Crippen molar-refractivity contribution in [3.8, 4) is 5.75 Å². The van der Waals surface area contributed by atoms with Gasteiger partial charge in [0, 0.05) is 0 Å². The molecule has 0 aliphatic rings. The van der Waals surface area contributed by atoms with Gasteiger partial charge < -0.3 is 0 Å². The second-order valence-electron chi connectivity index (χ2n) is 3.67. The summed E-state index contributed by atoms with van der Waals surface area (Å²) in [6.07, 6.45) is 3.32. The van der Waals surface area contributed by atoms with Crippen LogP contribution in [0.1, 0.15) is 12.5 Å². The Labute approximate surface area is 103 Å². The molecule has 1 heterocycles. The van der Waals surface area contributed by atoms with Crippen LogP contribution in [0.4, 0.5) is 0 Å². The number of benzene rings is 1. The van der Waals surface area contributed by atoms with E-state index in [-0.39, 0.29) is 0 Å². The number of fused-ring (bicyclic) bond motifs is 1. The van der Waals surface area contributed by atoms with Gasteiger partial charge in [-0.25, -0.2) is 0 Å². The van der Waals surface area contributed by atoms with Crippen LogP contribution in [-0.2, 0) is 6.42 Å². The summed E-state index contributed by atoms with van der Waals surface area (Å²) in [6, 6.07) is 6.21. The Morgan fingerprint density at radius 2 is 2.25 bits per heavy atom. The van der Waals surface area contributed by atoms with Gasteiger partial charge >= 0.3 is 102 Å². The molecule has 1 aromatic carbocycles. The van der Waals surface area contributed by atoms with Crippen LogP contribution >= 0.6 is 0 Å². The maximum absolute atomic E-state index is 5.26. The molecular formula is C13H17NOSe. The van der Waals surface area contributed by atoms with Gasteiger partial charge in [0.1, 0.15) is 0 Å². The molecule has 2 rings (SSSR count). The molecule has 0 saturated carbocycles. The topological polar surface area (TPSA) is 25.0 Å². The van der Waals surface area contributed by atoms with E-state index in [1.54, 1.807) is 7.11 Å². The number of nitrogens with one attached hydrogen (secondary N) is 1. The minimum atomic E-state index is 0.794. The van der Waals surface area contributed by atoms with Crippen LogP contribution in [0.25, 0.3) is 10.9 Å². The normalized spacial score (nSPS) is 10.9. The Morgan fingerprint density at radius 3 is 3.00 bits per heavy atom. The monoisotopic (exact) mass is 283 g/mol. The van der Waals surface area contributed by atoms with Gasteiger partial charge in [-0.15, -0.1) is 0 Å². The Morgan fingerprint density at radius 1 is 1.38 bits per heavy atom. The second kappa shape index (κ2) is 5.42. The summed E-state index contributed by atoms with van der Waals surface area (Å²) in [5, 5.41) is 3.97. The van der Waals surface area contributed by atoms with Gasteiger partial charge in [-0.2, -0.15) is 0 Å². The van der Waals surface area contributed by atoms with E-state index in [1.165, 1.54) is 33.5 Å². The van der Waals surface area contributed by atoms with Crippen LogP contribution < -0.4 is 4.74 Å². The second-order valence-corrected chi connectivity index (χ2v) is 6.60. The molecule has 0 spiro atoms. The van der Waals surface area contributed by atoms with Gasteiger partial charge in [0.05, 0.1) is 0 Å². The van der Waals surface area contributed by atoms with Crippen LogP contribution in [-0.4, -0.2) is 27.1 Å². The summed E-state index contributed by atoms with van der Waals surface area (Å²) in [5.41, 5.74) is 2.63. The number of aromatic nitrogens is 1. The fourth-order valence-corrected chi connectivity index (χ4v) is 3.19. The third-order valence-electron chi connectivity index (χ3n) is 2.69. The molecule has 86 valence electrons. The minimum absolute atomic E-state index is 0.794. The third-order valence-corrected chi connectivity index (χ3v) is 4.58. The molecule has 0 fully saturated rings. The molecule has 2 nitrogen and oxygen atoms in total. The van der Waals surface area contributed by atoms with E-state index in [2.05, 4.69) is 30.2 Å². The average Bonchev–Trinajstić information content (AvgIpc) is 2.72. The Balaban J connectivity index is 2.24. The van der Waals surface area contributed by atoms with Crippen molar-refractivity contribution < 1.29 is 4.74 Å². The first-order chi connectivity index (χ1) is 7.85. The van der Waals surface area contributed by atoms with Crippen molar-refractivity contribution in [1.82, 2.24) is 4.98 Å². The van der Waals surface area contributed by atoms with E-state index in [4.69, 9.17) is 4.74 Å². The summed E-state index contributed by atoms with van der Waals surface area (Å²) < 4.78 is 5.26. The predicted octanol–water partition coefficient (Wildman–Crippen LogP) is 3.28. The summed E-state index contributed by atoms with van der Waals surface area (Å²) in [5.74, 6) is 0.939. The Hall–Kier alpha value is -0.921. The van der Waals surface area contributed by atoms with E-state index in [1.807, 2.05) is 6.07 Å². The molecule has 16 heavy (non-hydrogen) atoms. The fraction of sp³-hybridized carbons (Fsp3) is 0.385. The van der Waals surface area contributed by atoms with Crippen LogP contribution in [0, 0.1) is 0 Å². The molecule has 0 aliphatic carbocycles. The summed E-state index contributed by atoms with van der Waals surface area (Å²) >= 11 is 0.794. The quantitative estimate of drug-likeness (QED) is 0.660. The maximum atomic E-state index is 5.26. The van der Waals surface area contributed by atoms with E-state index < -0.39 is 0 Å². The summed E-state index contributed by atoms with van der Waals surface area (Å²) in [6.45, 7) is 2.26. The molecule has 2 aromatic rings.